The first-order valence-electron chi connectivity index (χ1n) is 7.30. The molecule has 0 aromatic carbocycles. The lowest BCUT2D eigenvalue weighted by Gasteiger charge is -2.31. The second-order valence-electron chi connectivity index (χ2n) is 5.18. The zero-order chi connectivity index (χ0) is 13.8. The van der Waals surface area contributed by atoms with Crippen molar-refractivity contribution in [2.45, 2.75) is 33.2 Å². The zero-order valence-corrected chi connectivity index (χ0v) is 12.1. The number of nitrogens with one attached hydrogen (secondary N) is 1. The van der Waals surface area contributed by atoms with Crippen molar-refractivity contribution < 1.29 is 4.79 Å². The molecule has 0 fully saturated rings. The van der Waals surface area contributed by atoms with Gasteiger partial charge in [0.15, 0.2) is 0 Å². The number of amides is 1. The van der Waals surface area contributed by atoms with E-state index in [9.17, 15) is 4.79 Å². The number of carbonyl (C=O) groups is 1. The van der Waals surface area contributed by atoms with Gasteiger partial charge in [-0.3, -0.25) is 9.69 Å². The Morgan fingerprint density at radius 2 is 1.95 bits per heavy atom. The third-order valence-corrected chi connectivity index (χ3v) is 4.01. The first kappa shape index (κ1) is 14.1. The molecule has 1 amide bonds. The summed E-state index contributed by atoms with van der Waals surface area (Å²) < 4.78 is 0. The smallest absolute Gasteiger partial charge is 0.247 e. The predicted octanol–water partition coefficient (Wildman–Crippen LogP) is 2.28. The van der Waals surface area contributed by atoms with Gasteiger partial charge < -0.3 is 5.32 Å². The molecule has 2 aliphatic rings. The summed E-state index contributed by atoms with van der Waals surface area (Å²) in [6.07, 6.45) is 9.56. The van der Waals surface area contributed by atoms with Gasteiger partial charge in [-0.25, -0.2) is 0 Å². The molecule has 0 spiro atoms. The molecule has 0 saturated heterocycles. The van der Waals surface area contributed by atoms with Crippen LogP contribution in [0.4, 0.5) is 0 Å². The van der Waals surface area contributed by atoms with Gasteiger partial charge in [-0.1, -0.05) is 45.1 Å². The fourth-order valence-corrected chi connectivity index (χ4v) is 2.69. The summed E-state index contributed by atoms with van der Waals surface area (Å²) in [6, 6.07) is 0.137. The standard InChI is InChI=1S/C16H24N2O/c1-4-13-10-14-8-7-12(11-18(5-2)6-3)9-15(14)17-16(13)19/h7-10,14-15H,4-6,11H2,1-3H3,(H,17,19). The van der Waals surface area contributed by atoms with Crippen molar-refractivity contribution in [3.8, 4) is 0 Å². The highest BCUT2D eigenvalue weighted by atomic mass is 16.1. The third-order valence-electron chi connectivity index (χ3n) is 4.01. The van der Waals surface area contributed by atoms with Gasteiger partial charge in [0.25, 0.3) is 0 Å². The van der Waals surface area contributed by atoms with Crippen LogP contribution in [0.15, 0.2) is 35.5 Å². The van der Waals surface area contributed by atoms with E-state index >= 15 is 0 Å². The van der Waals surface area contributed by atoms with Gasteiger partial charge in [0, 0.05) is 18.0 Å². The van der Waals surface area contributed by atoms with E-state index in [1.807, 2.05) is 6.92 Å². The van der Waals surface area contributed by atoms with E-state index < -0.39 is 0 Å². The van der Waals surface area contributed by atoms with E-state index in [0.29, 0.717) is 5.92 Å². The Labute approximate surface area is 116 Å². The molecule has 0 aromatic rings. The normalized spacial score (nSPS) is 25.8. The SMILES string of the molecule is CCC1=CC2C=CC(CN(CC)CC)=CC2NC1=O. The summed E-state index contributed by atoms with van der Waals surface area (Å²) in [5, 5.41) is 3.11. The highest BCUT2D eigenvalue weighted by Crippen LogP contribution is 2.25. The van der Waals surface area contributed by atoms with Crippen molar-refractivity contribution in [1.82, 2.24) is 10.2 Å². The molecular weight excluding hydrogens is 236 g/mol. The molecule has 1 heterocycles. The van der Waals surface area contributed by atoms with Crippen LogP contribution in [0.5, 0.6) is 0 Å². The van der Waals surface area contributed by atoms with Crippen LogP contribution in [-0.2, 0) is 4.79 Å². The number of likely N-dealkylation sites (N-methyl/N-ethyl adjacent to an activating group) is 1. The predicted molar refractivity (Wildman–Crippen MR) is 78.8 cm³/mol. The molecular formula is C16H24N2O. The molecule has 1 aliphatic heterocycles. The van der Waals surface area contributed by atoms with Gasteiger partial charge >= 0.3 is 0 Å². The Hall–Kier alpha value is -1.35. The lowest BCUT2D eigenvalue weighted by atomic mass is 9.86. The van der Waals surface area contributed by atoms with Gasteiger partial charge in [-0.2, -0.15) is 0 Å². The van der Waals surface area contributed by atoms with Gasteiger partial charge in [0.2, 0.25) is 5.91 Å². The van der Waals surface area contributed by atoms with Crippen LogP contribution in [0.25, 0.3) is 0 Å². The van der Waals surface area contributed by atoms with E-state index in [1.165, 1.54) is 5.57 Å². The number of hydrogen-bond acceptors (Lipinski definition) is 2. The largest absolute Gasteiger partial charge is 0.345 e. The second-order valence-corrected chi connectivity index (χ2v) is 5.18. The highest BCUT2D eigenvalue weighted by molar-refractivity contribution is 5.94. The molecule has 3 nitrogen and oxygen atoms in total. The Kier molecular flexibility index (Phi) is 4.59. The molecule has 1 N–H and O–H groups in total. The number of carbonyl (C=O) groups excluding carboxylic acids is 1. The van der Waals surface area contributed by atoms with E-state index in [2.05, 4.69) is 48.4 Å². The van der Waals surface area contributed by atoms with Crippen LogP contribution in [0.2, 0.25) is 0 Å². The fraction of sp³-hybridized carbons (Fsp3) is 0.562. The van der Waals surface area contributed by atoms with Crippen LogP contribution in [0.1, 0.15) is 27.2 Å². The molecule has 2 unspecified atom stereocenters. The molecule has 2 atom stereocenters. The molecule has 1 aliphatic carbocycles. The quantitative estimate of drug-likeness (QED) is 0.822. The zero-order valence-electron chi connectivity index (χ0n) is 12.1. The average Bonchev–Trinajstić information content (AvgIpc) is 2.43. The molecule has 19 heavy (non-hydrogen) atoms. The Morgan fingerprint density at radius 3 is 2.58 bits per heavy atom. The molecule has 104 valence electrons. The minimum absolute atomic E-state index is 0.0949. The van der Waals surface area contributed by atoms with Gasteiger partial charge in [0.1, 0.15) is 0 Å². The summed E-state index contributed by atoms with van der Waals surface area (Å²) in [5.41, 5.74) is 2.21. The minimum atomic E-state index is 0.0949. The maximum atomic E-state index is 11.9. The van der Waals surface area contributed by atoms with E-state index in [0.717, 1.165) is 31.6 Å². The first-order chi connectivity index (χ1) is 9.17. The third kappa shape index (κ3) is 3.16. The molecule has 0 aromatic heterocycles. The molecule has 2 rings (SSSR count). The van der Waals surface area contributed by atoms with Crippen molar-refractivity contribution >= 4 is 5.91 Å². The Balaban J connectivity index is 2.09. The summed E-state index contributed by atoms with van der Waals surface area (Å²) in [7, 11) is 0. The molecule has 0 radical (unpaired) electrons. The summed E-state index contributed by atoms with van der Waals surface area (Å²) in [6.45, 7) is 9.47. The minimum Gasteiger partial charge on any atom is -0.345 e. The van der Waals surface area contributed by atoms with Crippen LogP contribution in [0, 0.1) is 5.92 Å². The maximum Gasteiger partial charge on any atom is 0.247 e. The Bertz CT molecular complexity index is 430. The fourth-order valence-electron chi connectivity index (χ4n) is 2.69. The van der Waals surface area contributed by atoms with E-state index in [1.54, 1.807) is 0 Å². The maximum absolute atomic E-state index is 11.9. The lowest BCUT2D eigenvalue weighted by molar-refractivity contribution is -0.118. The average molecular weight is 260 g/mol. The van der Waals surface area contributed by atoms with Crippen molar-refractivity contribution in [1.29, 1.82) is 0 Å². The van der Waals surface area contributed by atoms with Crippen LogP contribution >= 0.6 is 0 Å². The monoisotopic (exact) mass is 260 g/mol. The number of hydrogen-bond donors (Lipinski definition) is 1. The molecule has 3 heteroatoms. The second kappa shape index (κ2) is 6.20. The highest BCUT2D eigenvalue weighted by Gasteiger charge is 2.27. The van der Waals surface area contributed by atoms with E-state index in [4.69, 9.17) is 0 Å². The number of rotatable bonds is 5. The van der Waals surface area contributed by atoms with Crippen LogP contribution in [-0.4, -0.2) is 36.5 Å². The topological polar surface area (TPSA) is 32.3 Å². The number of fused-ring (bicyclic) bond motifs is 1. The number of nitrogens with zero attached hydrogens (tertiary/aromatic N) is 1. The van der Waals surface area contributed by atoms with Crippen molar-refractivity contribution in [2.24, 2.45) is 5.92 Å². The summed E-state index contributed by atoms with van der Waals surface area (Å²) in [5.74, 6) is 0.422. The summed E-state index contributed by atoms with van der Waals surface area (Å²) >= 11 is 0. The molecule has 0 saturated carbocycles. The van der Waals surface area contributed by atoms with Gasteiger partial charge in [-0.05, 0) is 25.1 Å². The van der Waals surface area contributed by atoms with Crippen LogP contribution in [0.3, 0.4) is 0 Å². The van der Waals surface area contributed by atoms with Gasteiger partial charge in [0.05, 0.1) is 6.04 Å². The first-order valence-corrected chi connectivity index (χ1v) is 7.30. The van der Waals surface area contributed by atoms with E-state index in [-0.39, 0.29) is 11.9 Å². The molecule has 0 bridgehead atoms. The summed E-state index contributed by atoms with van der Waals surface area (Å²) in [4.78, 5) is 14.3. The van der Waals surface area contributed by atoms with Crippen molar-refractivity contribution in [3.05, 3.63) is 35.5 Å². The van der Waals surface area contributed by atoms with Crippen molar-refractivity contribution in [2.75, 3.05) is 19.6 Å². The van der Waals surface area contributed by atoms with Crippen LogP contribution < -0.4 is 5.32 Å². The lowest BCUT2D eigenvalue weighted by Crippen LogP contribution is -2.44. The Morgan fingerprint density at radius 1 is 1.21 bits per heavy atom. The van der Waals surface area contributed by atoms with Gasteiger partial charge in [-0.15, -0.1) is 0 Å². The van der Waals surface area contributed by atoms with Crippen molar-refractivity contribution in [3.63, 3.8) is 0 Å².